The Morgan fingerprint density at radius 1 is 1.21 bits per heavy atom. The zero-order valence-electron chi connectivity index (χ0n) is 15.5. The summed E-state index contributed by atoms with van der Waals surface area (Å²) < 4.78 is 5.29. The first kappa shape index (κ1) is 17.8. The number of carboxylic acid groups (broad SMARTS) is 1. The number of carboxylic acids is 1. The highest BCUT2D eigenvalue weighted by Gasteiger charge is 2.35. The third-order valence-corrected chi connectivity index (χ3v) is 4.90. The van der Waals surface area contributed by atoms with Crippen LogP contribution < -0.4 is 5.32 Å². The molecule has 2 heterocycles. The van der Waals surface area contributed by atoms with Crippen LogP contribution >= 0.6 is 0 Å². The molecule has 7 heteroatoms. The van der Waals surface area contributed by atoms with Gasteiger partial charge in [-0.25, -0.2) is 4.79 Å². The van der Waals surface area contributed by atoms with Crippen molar-refractivity contribution in [1.82, 2.24) is 10.1 Å². The van der Waals surface area contributed by atoms with Crippen molar-refractivity contribution in [3.63, 3.8) is 0 Å². The number of nitrogens with zero attached hydrogens (tertiary/aromatic N) is 2. The minimum Gasteiger partial charge on any atom is -0.480 e. The number of nitrogens with one attached hydrogen (secondary N) is 1. The van der Waals surface area contributed by atoms with Crippen LogP contribution in [0.15, 0.2) is 53.1 Å². The van der Waals surface area contributed by atoms with Gasteiger partial charge in [0.2, 0.25) is 0 Å². The van der Waals surface area contributed by atoms with Crippen molar-refractivity contribution < 1.29 is 19.2 Å². The molecule has 0 saturated carbocycles. The Bertz CT molecular complexity index is 1040. The minimum absolute atomic E-state index is 0.402. The van der Waals surface area contributed by atoms with E-state index < -0.39 is 24.6 Å². The van der Waals surface area contributed by atoms with Gasteiger partial charge in [-0.15, -0.1) is 0 Å². The van der Waals surface area contributed by atoms with Crippen molar-refractivity contribution in [2.24, 2.45) is 0 Å². The van der Waals surface area contributed by atoms with E-state index in [1.807, 2.05) is 62.4 Å². The fourth-order valence-electron chi connectivity index (χ4n) is 3.73. The second kappa shape index (κ2) is 6.84. The van der Waals surface area contributed by atoms with Crippen LogP contribution in [-0.2, 0) is 4.79 Å². The fourth-order valence-corrected chi connectivity index (χ4v) is 3.73. The predicted molar refractivity (Wildman–Crippen MR) is 103 cm³/mol. The van der Waals surface area contributed by atoms with Crippen LogP contribution in [0.2, 0.25) is 0 Å². The molecule has 0 bridgehead atoms. The van der Waals surface area contributed by atoms with Gasteiger partial charge in [0.25, 0.3) is 0 Å². The van der Waals surface area contributed by atoms with Crippen LogP contribution in [0, 0.1) is 13.8 Å². The van der Waals surface area contributed by atoms with Crippen molar-refractivity contribution in [3.05, 3.63) is 71.1 Å². The lowest BCUT2D eigenvalue weighted by atomic mass is 9.90. The summed E-state index contributed by atoms with van der Waals surface area (Å²) >= 11 is 0. The lowest BCUT2D eigenvalue weighted by molar-refractivity contribution is -0.137. The highest BCUT2D eigenvalue weighted by Crippen LogP contribution is 2.40. The van der Waals surface area contributed by atoms with E-state index >= 15 is 0 Å². The van der Waals surface area contributed by atoms with Crippen molar-refractivity contribution >= 4 is 17.7 Å². The molecule has 1 unspecified atom stereocenters. The summed E-state index contributed by atoms with van der Waals surface area (Å²) in [7, 11) is 0. The smallest absolute Gasteiger partial charge is 0.323 e. The highest BCUT2D eigenvalue weighted by atomic mass is 16.5. The SMILES string of the molecule is Cc1noc(C)c1-c1ccc2c(c1)C(c1ccccc1)N(CC(=O)O)C(=O)N2. The number of hydrogen-bond acceptors (Lipinski definition) is 4. The number of urea groups is 1. The van der Waals surface area contributed by atoms with E-state index in [4.69, 9.17) is 4.52 Å². The number of aryl methyl sites for hydroxylation is 2. The van der Waals surface area contributed by atoms with Gasteiger partial charge in [-0.2, -0.15) is 0 Å². The molecule has 3 aromatic rings. The monoisotopic (exact) mass is 377 g/mol. The van der Waals surface area contributed by atoms with Gasteiger partial charge in [0, 0.05) is 16.8 Å². The summed E-state index contributed by atoms with van der Waals surface area (Å²) in [6, 6.07) is 14.2. The Morgan fingerprint density at radius 3 is 2.61 bits per heavy atom. The van der Waals surface area contributed by atoms with E-state index in [1.165, 1.54) is 4.90 Å². The molecular weight excluding hydrogens is 358 g/mol. The van der Waals surface area contributed by atoms with E-state index in [-0.39, 0.29) is 0 Å². The van der Waals surface area contributed by atoms with Gasteiger partial charge < -0.3 is 19.8 Å². The fraction of sp³-hybridized carbons (Fsp3) is 0.190. The number of fused-ring (bicyclic) bond motifs is 1. The molecule has 1 aliphatic heterocycles. The van der Waals surface area contributed by atoms with Crippen LogP contribution in [0.1, 0.15) is 28.6 Å². The molecule has 0 radical (unpaired) electrons. The number of carbonyl (C=O) groups excluding carboxylic acids is 1. The number of carbonyl (C=O) groups is 2. The van der Waals surface area contributed by atoms with Gasteiger partial charge in [0.1, 0.15) is 12.3 Å². The summed E-state index contributed by atoms with van der Waals surface area (Å²) in [6.07, 6.45) is 0. The Kier molecular flexibility index (Phi) is 4.35. The molecule has 0 saturated heterocycles. The maximum atomic E-state index is 12.6. The number of anilines is 1. The summed E-state index contributed by atoms with van der Waals surface area (Å²) in [4.78, 5) is 25.4. The van der Waals surface area contributed by atoms with E-state index in [0.717, 1.165) is 27.9 Å². The van der Waals surface area contributed by atoms with Gasteiger partial charge in [-0.05, 0) is 37.1 Å². The Labute approximate surface area is 161 Å². The van der Waals surface area contributed by atoms with Gasteiger partial charge >= 0.3 is 12.0 Å². The molecule has 2 amide bonds. The topological polar surface area (TPSA) is 95.7 Å². The molecule has 2 aromatic carbocycles. The largest absolute Gasteiger partial charge is 0.480 e. The average molecular weight is 377 g/mol. The molecule has 142 valence electrons. The predicted octanol–water partition coefficient (Wildman–Crippen LogP) is 3.98. The minimum atomic E-state index is -1.07. The summed E-state index contributed by atoms with van der Waals surface area (Å²) in [5.41, 5.74) is 4.91. The molecule has 4 rings (SSSR count). The molecule has 2 N–H and O–H groups in total. The molecule has 28 heavy (non-hydrogen) atoms. The lowest BCUT2D eigenvalue weighted by Crippen LogP contribution is -2.45. The number of aliphatic carboxylic acids is 1. The number of rotatable bonds is 4. The van der Waals surface area contributed by atoms with E-state index in [2.05, 4.69) is 10.5 Å². The highest BCUT2D eigenvalue weighted by molar-refractivity contribution is 5.96. The first-order valence-electron chi connectivity index (χ1n) is 8.87. The first-order valence-corrected chi connectivity index (χ1v) is 8.87. The Hall–Kier alpha value is -3.61. The van der Waals surface area contributed by atoms with Gasteiger partial charge in [0.15, 0.2) is 0 Å². The second-order valence-corrected chi connectivity index (χ2v) is 6.77. The molecule has 0 aliphatic carbocycles. The summed E-state index contributed by atoms with van der Waals surface area (Å²) in [5.74, 6) is -0.364. The third kappa shape index (κ3) is 3.00. The number of aromatic nitrogens is 1. The lowest BCUT2D eigenvalue weighted by Gasteiger charge is -2.37. The summed E-state index contributed by atoms with van der Waals surface area (Å²) in [5, 5.41) is 16.1. The van der Waals surface area contributed by atoms with Gasteiger partial charge in [-0.3, -0.25) is 4.79 Å². The van der Waals surface area contributed by atoms with E-state index in [0.29, 0.717) is 11.4 Å². The van der Waals surface area contributed by atoms with Crippen molar-refractivity contribution in [2.45, 2.75) is 19.9 Å². The second-order valence-electron chi connectivity index (χ2n) is 6.77. The number of benzene rings is 2. The molecule has 0 fully saturated rings. The van der Waals surface area contributed by atoms with Crippen molar-refractivity contribution in [3.8, 4) is 11.1 Å². The Balaban J connectivity index is 1.90. The van der Waals surface area contributed by atoms with Crippen LogP contribution in [0.25, 0.3) is 11.1 Å². The van der Waals surface area contributed by atoms with Crippen molar-refractivity contribution in [2.75, 3.05) is 11.9 Å². The number of amides is 2. The first-order chi connectivity index (χ1) is 13.5. The zero-order valence-corrected chi connectivity index (χ0v) is 15.5. The molecule has 1 aromatic heterocycles. The molecule has 0 spiro atoms. The summed E-state index contributed by atoms with van der Waals surface area (Å²) in [6.45, 7) is 3.32. The van der Waals surface area contributed by atoms with Crippen LogP contribution in [0.3, 0.4) is 0 Å². The van der Waals surface area contributed by atoms with Crippen molar-refractivity contribution in [1.29, 1.82) is 0 Å². The Morgan fingerprint density at radius 2 is 1.96 bits per heavy atom. The molecular formula is C21H19N3O4. The molecule has 1 atom stereocenters. The van der Waals surface area contributed by atoms with Gasteiger partial charge in [-0.1, -0.05) is 41.6 Å². The number of hydrogen-bond donors (Lipinski definition) is 2. The zero-order chi connectivity index (χ0) is 19.8. The van der Waals surface area contributed by atoms with Crippen LogP contribution in [0.5, 0.6) is 0 Å². The molecule has 7 nitrogen and oxygen atoms in total. The van der Waals surface area contributed by atoms with Crippen LogP contribution in [0.4, 0.5) is 10.5 Å². The standard InChI is InChI=1S/C21H19N3O4/c1-12-19(13(2)28-23-12)15-8-9-17-16(10-15)20(14-6-4-3-5-7-14)24(11-18(25)26)21(27)22-17/h3-10,20H,11H2,1-2H3,(H,22,27)(H,25,26). The van der Waals surface area contributed by atoms with Gasteiger partial charge in [0.05, 0.1) is 11.7 Å². The molecule has 1 aliphatic rings. The maximum absolute atomic E-state index is 12.6. The quantitative estimate of drug-likeness (QED) is 0.717. The van der Waals surface area contributed by atoms with E-state index in [9.17, 15) is 14.7 Å². The average Bonchev–Trinajstić information content (AvgIpc) is 3.01. The van der Waals surface area contributed by atoms with Crippen LogP contribution in [-0.4, -0.2) is 33.7 Å². The maximum Gasteiger partial charge on any atom is 0.323 e. The normalized spacial score (nSPS) is 15.9. The third-order valence-electron chi connectivity index (χ3n) is 4.90. The van der Waals surface area contributed by atoms with E-state index in [1.54, 1.807) is 0 Å².